The lowest BCUT2D eigenvalue weighted by Gasteiger charge is -2.19. The average Bonchev–Trinajstić information content (AvgIpc) is 2.66. The van der Waals surface area contributed by atoms with Gasteiger partial charge in [-0.1, -0.05) is 20.8 Å². The smallest absolute Gasteiger partial charge is 0.310 e. The van der Waals surface area contributed by atoms with Crippen LogP contribution in [0.15, 0.2) is 0 Å². The number of fused-ring (bicyclic) bond motifs is 1. The molecule has 0 aromatic carbocycles. The molecule has 21 heavy (non-hydrogen) atoms. The summed E-state index contributed by atoms with van der Waals surface area (Å²) in [7, 11) is 1.88. The number of carboxylic acid groups (broad SMARTS) is 1. The van der Waals surface area contributed by atoms with Gasteiger partial charge in [-0.15, -0.1) is 0 Å². The van der Waals surface area contributed by atoms with Crippen LogP contribution in [0.25, 0.3) is 11.0 Å². The van der Waals surface area contributed by atoms with Gasteiger partial charge in [-0.3, -0.25) is 9.48 Å². The molecule has 2 aromatic heterocycles. The molecule has 0 radical (unpaired) electrons. The first-order valence-corrected chi connectivity index (χ1v) is 7.12. The SMILES string of the molecule is Cc1nc2c(c(C(C)(C)C)nn2C)c(C)c1C(C)C(=O)O. The van der Waals surface area contributed by atoms with Crippen molar-refractivity contribution < 1.29 is 9.90 Å². The van der Waals surface area contributed by atoms with Gasteiger partial charge < -0.3 is 5.11 Å². The molecular formula is C16H23N3O2. The zero-order chi connectivity index (χ0) is 16.1. The van der Waals surface area contributed by atoms with Crippen LogP contribution in [0.4, 0.5) is 0 Å². The van der Waals surface area contributed by atoms with E-state index in [1.54, 1.807) is 11.6 Å². The molecule has 1 unspecified atom stereocenters. The number of hydrogen-bond acceptors (Lipinski definition) is 3. The highest BCUT2D eigenvalue weighted by atomic mass is 16.4. The van der Waals surface area contributed by atoms with Crippen LogP contribution in [-0.4, -0.2) is 25.8 Å². The maximum absolute atomic E-state index is 11.4. The predicted octanol–water partition coefficient (Wildman–Crippen LogP) is 3.07. The first-order valence-electron chi connectivity index (χ1n) is 7.12. The van der Waals surface area contributed by atoms with Crippen LogP contribution in [0.2, 0.25) is 0 Å². The summed E-state index contributed by atoms with van der Waals surface area (Å²) in [6.45, 7) is 11.9. The van der Waals surface area contributed by atoms with Gasteiger partial charge in [0, 0.05) is 23.5 Å². The van der Waals surface area contributed by atoms with E-state index in [-0.39, 0.29) is 5.41 Å². The Balaban J connectivity index is 2.90. The molecule has 0 saturated heterocycles. The summed E-state index contributed by atoms with van der Waals surface area (Å²) in [6.07, 6.45) is 0. The average molecular weight is 289 g/mol. The molecule has 1 N–H and O–H groups in total. The van der Waals surface area contributed by atoms with E-state index in [4.69, 9.17) is 0 Å². The fourth-order valence-corrected chi connectivity index (χ4v) is 2.90. The van der Waals surface area contributed by atoms with Crippen molar-refractivity contribution in [2.75, 3.05) is 0 Å². The number of hydrogen-bond donors (Lipinski definition) is 1. The van der Waals surface area contributed by atoms with Crippen LogP contribution in [0.1, 0.15) is 56.1 Å². The van der Waals surface area contributed by atoms with E-state index in [0.717, 1.165) is 33.5 Å². The standard InChI is InChI=1S/C16H23N3O2/c1-8-11(9(2)15(20)21)10(3)17-14-12(8)13(16(4,5)6)18-19(14)7/h9H,1-7H3,(H,20,21). The first-order chi connectivity index (χ1) is 9.55. The highest BCUT2D eigenvalue weighted by Gasteiger charge is 2.28. The van der Waals surface area contributed by atoms with Crippen molar-refractivity contribution in [1.82, 2.24) is 14.8 Å². The number of pyridine rings is 1. The summed E-state index contributed by atoms with van der Waals surface area (Å²) < 4.78 is 1.78. The second kappa shape index (κ2) is 4.83. The van der Waals surface area contributed by atoms with E-state index < -0.39 is 11.9 Å². The van der Waals surface area contributed by atoms with Crippen LogP contribution in [0, 0.1) is 13.8 Å². The highest BCUT2D eigenvalue weighted by molar-refractivity contribution is 5.87. The van der Waals surface area contributed by atoms with E-state index >= 15 is 0 Å². The van der Waals surface area contributed by atoms with Gasteiger partial charge in [-0.25, -0.2) is 4.98 Å². The lowest BCUT2D eigenvalue weighted by molar-refractivity contribution is -0.138. The minimum atomic E-state index is -0.830. The molecular weight excluding hydrogens is 266 g/mol. The number of nitrogens with zero attached hydrogens (tertiary/aromatic N) is 3. The molecule has 2 aromatic rings. The number of carbonyl (C=O) groups is 1. The van der Waals surface area contributed by atoms with Gasteiger partial charge in [-0.2, -0.15) is 5.10 Å². The van der Waals surface area contributed by atoms with Crippen molar-refractivity contribution in [3.05, 3.63) is 22.5 Å². The van der Waals surface area contributed by atoms with Crippen LogP contribution in [-0.2, 0) is 17.3 Å². The Labute approximate surface area is 125 Å². The Hall–Kier alpha value is -1.91. The summed E-state index contributed by atoms with van der Waals surface area (Å²) >= 11 is 0. The number of aliphatic carboxylic acids is 1. The lowest BCUT2D eigenvalue weighted by atomic mass is 9.86. The van der Waals surface area contributed by atoms with Crippen LogP contribution in [0.5, 0.6) is 0 Å². The minimum absolute atomic E-state index is 0.120. The zero-order valence-corrected chi connectivity index (χ0v) is 13.8. The molecule has 0 aliphatic rings. The third-order valence-electron chi connectivity index (χ3n) is 3.97. The third-order valence-corrected chi connectivity index (χ3v) is 3.97. The first kappa shape index (κ1) is 15.5. The number of carboxylic acids is 1. The fraction of sp³-hybridized carbons (Fsp3) is 0.562. The van der Waals surface area contributed by atoms with E-state index in [1.807, 2.05) is 20.9 Å². The van der Waals surface area contributed by atoms with Crippen molar-refractivity contribution in [3.63, 3.8) is 0 Å². The van der Waals surface area contributed by atoms with Gasteiger partial charge in [0.1, 0.15) is 0 Å². The molecule has 0 aliphatic heterocycles. The molecule has 2 heterocycles. The van der Waals surface area contributed by atoms with Crippen molar-refractivity contribution in [3.8, 4) is 0 Å². The molecule has 0 fully saturated rings. The quantitative estimate of drug-likeness (QED) is 0.922. The van der Waals surface area contributed by atoms with Crippen LogP contribution < -0.4 is 0 Å². The Morgan fingerprint density at radius 1 is 1.29 bits per heavy atom. The minimum Gasteiger partial charge on any atom is -0.481 e. The van der Waals surface area contributed by atoms with Gasteiger partial charge >= 0.3 is 5.97 Å². The molecule has 1 atom stereocenters. The second-order valence-electron chi connectivity index (χ2n) is 6.72. The molecule has 0 amide bonds. The maximum atomic E-state index is 11.4. The van der Waals surface area contributed by atoms with Crippen molar-refractivity contribution in [2.24, 2.45) is 7.05 Å². The molecule has 0 spiro atoms. The van der Waals surface area contributed by atoms with Crippen molar-refractivity contribution >= 4 is 17.0 Å². The third kappa shape index (κ3) is 2.41. The summed E-state index contributed by atoms with van der Waals surface area (Å²) in [5, 5.41) is 14.9. The fourth-order valence-electron chi connectivity index (χ4n) is 2.90. The van der Waals surface area contributed by atoms with Crippen molar-refractivity contribution in [2.45, 2.75) is 52.9 Å². The van der Waals surface area contributed by atoms with Crippen LogP contribution in [0.3, 0.4) is 0 Å². The van der Waals surface area contributed by atoms with E-state index in [0.29, 0.717) is 0 Å². The summed E-state index contributed by atoms with van der Waals surface area (Å²) in [5.74, 6) is -1.40. The molecule has 0 bridgehead atoms. The maximum Gasteiger partial charge on any atom is 0.310 e. The number of rotatable bonds is 2. The van der Waals surface area contributed by atoms with Gasteiger partial charge in [0.25, 0.3) is 0 Å². The molecule has 114 valence electrons. The highest BCUT2D eigenvalue weighted by Crippen LogP contribution is 2.35. The molecule has 5 heteroatoms. The Bertz CT molecular complexity index is 723. The van der Waals surface area contributed by atoms with Gasteiger partial charge in [0.05, 0.1) is 11.6 Å². The second-order valence-corrected chi connectivity index (χ2v) is 6.72. The predicted molar refractivity (Wildman–Crippen MR) is 82.7 cm³/mol. The lowest BCUT2D eigenvalue weighted by Crippen LogP contribution is -2.15. The van der Waals surface area contributed by atoms with Gasteiger partial charge in [-0.05, 0) is 31.9 Å². The largest absolute Gasteiger partial charge is 0.481 e. The molecule has 5 nitrogen and oxygen atoms in total. The number of aryl methyl sites for hydroxylation is 3. The van der Waals surface area contributed by atoms with Gasteiger partial charge in [0.2, 0.25) is 0 Å². The summed E-state index contributed by atoms with van der Waals surface area (Å²) in [6, 6.07) is 0. The topological polar surface area (TPSA) is 68.0 Å². The molecule has 0 aliphatic carbocycles. The Morgan fingerprint density at radius 3 is 2.33 bits per heavy atom. The Morgan fingerprint density at radius 2 is 1.86 bits per heavy atom. The molecule has 2 rings (SSSR count). The van der Waals surface area contributed by atoms with E-state index in [9.17, 15) is 9.90 Å². The zero-order valence-electron chi connectivity index (χ0n) is 13.8. The van der Waals surface area contributed by atoms with Crippen molar-refractivity contribution in [1.29, 1.82) is 0 Å². The normalized spacial score (nSPS) is 13.7. The number of aromatic nitrogens is 3. The molecule has 0 saturated carbocycles. The summed E-state index contributed by atoms with van der Waals surface area (Å²) in [4.78, 5) is 16.0. The van der Waals surface area contributed by atoms with E-state index in [2.05, 4.69) is 30.9 Å². The summed E-state index contributed by atoms with van der Waals surface area (Å²) in [5.41, 5.74) is 4.20. The van der Waals surface area contributed by atoms with E-state index in [1.165, 1.54) is 0 Å². The Kier molecular flexibility index (Phi) is 3.56. The monoisotopic (exact) mass is 289 g/mol. The van der Waals surface area contributed by atoms with Crippen LogP contribution >= 0.6 is 0 Å². The van der Waals surface area contributed by atoms with Gasteiger partial charge in [0.15, 0.2) is 5.65 Å².